The van der Waals surface area contributed by atoms with Gasteiger partial charge >= 0.3 is 0 Å². The Hall–Kier alpha value is -1.81. The van der Waals surface area contributed by atoms with E-state index >= 15 is 0 Å². The number of aliphatic hydroxyl groups excluding tert-OH is 1. The predicted molar refractivity (Wildman–Crippen MR) is 78.4 cm³/mol. The smallest absolute Gasteiger partial charge is 0.244 e. The molecule has 20 heavy (non-hydrogen) atoms. The minimum absolute atomic E-state index is 0.1000. The van der Waals surface area contributed by atoms with Crippen LogP contribution in [0.5, 0.6) is 5.75 Å². The molecule has 4 heteroatoms. The first kappa shape index (κ1) is 14.6. The Balaban J connectivity index is 1.83. The van der Waals surface area contributed by atoms with Crippen LogP contribution in [0.2, 0.25) is 0 Å². The number of hydrogen-bond donors (Lipinski definition) is 2. The summed E-state index contributed by atoms with van der Waals surface area (Å²) in [6.07, 6.45) is 6.25. The first-order chi connectivity index (χ1) is 9.67. The van der Waals surface area contributed by atoms with E-state index in [0.29, 0.717) is 6.54 Å². The van der Waals surface area contributed by atoms with Gasteiger partial charge in [0.25, 0.3) is 0 Å². The molecule has 0 saturated heterocycles. The van der Waals surface area contributed by atoms with E-state index in [4.69, 9.17) is 9.84 Å². The fraction of sp³-hybridized carbons (Fsp3) is 0.438. The number of aliphatic hydroxyl groups is 1. The van der Waals surface area contributed by atoms with Gasteiger partial charge in [-0.1, -0.05) is 12.1 Å². The Labute approximate surface area is 119 Å². The van der Waals surface area contributed by atoms with Crippen molar-refractivity contribution in [3.63, 3.8) is 0 Å². The van der Waals surface area contributed by atoms with Crippen molar-refractivity contribution in [3.8, 4) is 5.75 Å². The van der Waals surface area contributed by atoms with Gasteiger partial charge in [-0.2, -0.15) is 0 Å². The summed E-state index contributed by atoms with van der Waals surface area (Å²) >= 11 is 0. The van der Waals surface area contributed by atoms with E-state index in [1.807, 2.05) is 24.3 Å². The zero-order valence-corrected chi connectivity index (χ0v) is 11.8. The molecular weight excluding hydrogens is 254 g/mol. The Morgan fingerprint density at radius 2 is 2.30 bits per heavy atom. The lowest BCUT2D eigenvalue weighted by atomic mass is 10.0. The highest BCUT2D eigenvalue weighted by Crippen LogP contribution is 2.47. The van der Waals surface area contributed by atoms with Crippen molar-refractivity contribution in [1.29, 1.82) is 0 Å². The average molecular weight is 275 g/mol. The molecule has 0 heterocycles. The number of carbonyl (C=O) groups excluding carboxylic acids is 1. The van der Waals surface area contributed by atoms with Crippen LogP contribution in [0.3, 0.4) is 0 Å². The van der Waals surface area contributed by atoms with E-state index < -0.39 is 0 Å². The maximum absolute atomic E-state index is 11.8. The first-order valence-electron chi connectivity index (χ1n) is 6.88. The Morgan fingerprint density at radius 3 is 2.95 bits per heavy atom. The van der Waals surface area contributed by atoms with Crippen molar-refractivity contribution < 1.29 is 14.6 Å². The molecule has 1 saturated carbocycles. The third kappa shape index (κ3) is 4.10. The third-order valence-electron chi connectivity index (χ3n) is 3.76. The van der Waals surface area contributed by atoms with Crippen LogP contribution in [0.1, 0.15) is 24.8 Å². The second kappa shape index (κ2) is 6.57. The highest BCUT2D eigenvalue weighted by atomic mass is 16.5. The largest absolute Gasteiger partial charge is 0.497 e. The normalized spacial score (nSPS) is 16.1. The van der Waals surface area contributed by atoms with Gasteiger partial charge in [-0.3, -0.25) is 4.79 Å². The molecule has 0 aliphatic heterocycles. The molecule has 1 amide bonds. The van der Waals surface area contributed by atoms with Gasteiger partial charge < -0.3 is 15.2 Å². The molecule has 0 radical (unpaired) electrons. The third-order valence-corrected chi connectivity index (χ3v) is 3.76. The fourth-order valence-corrected chi connectivity index (χ4v) is 2.18. The number of rotatable bonds is 7. The number of nitrogens with one attached hydrogen (secondary N) is 1. The molecule has 0 spiro atoms. The molecule has 1 fully saturated rings. The topological polar surface area (TPSA) is 58.6 Å². The first-order valence-corrected chi connectivity index (χ1v) is 6.88. The summed E-state index contributed by atoms with van der Waals surface area (Å²) in [6.45, 7) is 0.838. The minimum Gasteiger partial charge on any atom is -0.497 e. The van der Waals surface area contributed by atoms with Gasteiger partial charge in [0.15, 0.2) is 0 Å². The van der Waals surface area contributed by atoms with Crippen LogP contribution in [0.4, 0.5) is 0 Å². The standard InChI is InChI=1S/C16H21NO3/c1-20-14-4-2-3-13(11-14)5-6-15(19)17-12-16(7-8-16)9-10-18/h2-6,11,18H,7-10,12H2,1H3,(H,17,19)/b6-5+. The second-order valence-corrected chi connectivity index (χ2v) is 5.30. The number of carbonyl (C=O) groups is 1. The van der Waals surface area contributed by atoms with Gasteiger partial charge in [0.2, 0.25) is 5.91 Å². The lowest BCUT2D eigenvalue weighted by Gasteiger charge is -2.13. The van der Waals surface area contributed by atoms with Crippen LogP contribution in [0.15, 0.2) is 30.3 Å². The summed E-state index contributed by atoms with van der Waals surface area (Å²) in [5, 5.41) is 11.9. The monoisotopic (exact) mass is 275 g/mol. The number of ether oxygens (including phenoxy) is 1. The van der Waals surface area contributed by atoms with Crippen LogP contribution in [0.25, 0.3) is 6.08 Å². The van der Waals surface area contributed by atoms with E-state index in [2.05, 4.69) is 5.32 Å². The molecule has 2 rings (SSSR count). The number of benzene rings is 1. The number of methoxy groups -OCH3 is 1. The van der Waals surface area contributed by atoms with Crippen LogP contribution in [-0.4, -0.2) is 31.3 Å². The lowest BCUT2D eigenvalue weighted by Crippen LogP contribution is -2.29. The zero-order chi connectivity index (χ0) is 14.4. The second-order valence-electron chi connectivity index (χ2n) is 5.30. The molecule has 108 valence electrons. The predicted octanol–water partition coefficient (Wildman–Crippen LogP) is 1.99. The van der Waals surface area contributed by atoms with Gasteiger partial charge in [-0.15, -0.1) is 0 Å². The highest BCUT2D eigenvalue weighted by molar-refractivity contribution is 5.91. The van der Waals surface area contributed by atoms with Gasteiger partial charge in [-0.05, 0) is 48.4 Å². The van der Waals surface area contributed by atoms with Crippen molar-refractivity contribution in [2.45, 2.75) is 19.3 Å². The minimum atomic E-state index is -0.1000. The Kier molecular flexibility index (Phi) is 4.79. The van der Waals surface area contributed by atoms with E-state index in [1.54, 1.807) is 13.2 Å². The molecule has 0 atom stereocenters. The molecule has 4 nitrogen and oxygen atoms in total. The van der Waals surface area contributed by atoms with E-state index in [0.717, 1.165) is 30.6 Å². The summed E-state index contributed by atoms with van der Waals surface area (Å²) in [6, 6.07) is 7.54. The highest BCUT2D eigenvalue weighted by Gasteiger charge is 2.41. The van der Waals surface area contributed by atoms with Crippen molar-refractivity contribution in [3.05, 3.63) is 35.9 Å². The Bertz CT molecular complexity index is 492. The van der Waals surface area contributed by atoms with Crippen molar-refractivity contribution in [2.75, 3.05) is 20.3 Å². The summed E-state index contributed by atoms with van der Waals surface area (Å²) in [4.78, 5) is 11.8. The lowest BCUT2D eigenvalue weighted by molar-refractivity contribution is -0.116. The number of hydrogen-bond acceptors (Lipinski definition) is 3. The van der Waals surface area contributed by atoms with E-state index in [-0.39, 0.29) is 17.9 Å². The van der Waals surface area contributed by atoms with Gasteiger partial charge in [0, 0.05) is 19.2 Å². The fourth-order valence-electron chi connectivity index (χ4n) is 2.18. The molecule has 2 N–H and O–H groups in total. The summed E-state index contributed by atoms with van der Waals surface area (Å²) in [7, 11) is 1.62. The molecule has 0 unspecified atom stereocenters. The summed E-state index contributed by atoms with van der Waals surface area (Å²) in [5.74, 6) is 0.671. The SMILES string of the molecule is COc1cccc(/C=C/C(=O)NCC2(CCO)CC2)c1. The van der Waals surface area contributed by atoms with Crippen LogP contribution in [-0.2, 0) is 4.79 Å². The zero-order valence-electron chi connectivity index (χ0n) is 11.8. The van der Waals surface area contributed by atoms with Crippen LogP contribution < -0.4 is 10.1 Å². The maximum Gasteiger partial charge on any atom is 0.244 e. The molecule has 1 aromatic rings. The molecule has 1 aliphatic rings. The van der Waals surface area contributed by atoms with Crippen molar-refractivity contribution in [2.24, 2.45) is 5.41 Å². The molecular formula is C16H21NO3. The maximum atomic E-state index is 11.8. The molecule has 0 bridgehead atoms. The summed E-state index contributed by atoms with van der Waals surface area (Å²) in [5.41, 5.74) is 1.07. The quantitative estimate of drug-likeness (QED) is 0.748. The van der Waals surface area contributed by atoms with Crippen molar-refractivity contribution >= 4 is 12.0 Å². The Morgan fingerprint density at radius 1 is 1.50 bits per heavy atom. The van der Waals surface area contributed by atoms with Gasteiger partial charge in [0.1, 0.15) is 5.75 Å². The van der Waals surface area contributed by atoms with Crippen LogP contribution in [0, 0.1) is 5.41 Å². The molecule has 1 aliphatic carbocycles. The van der Waals surface area contributed by atoms with Gasteiger partial charge in [0.05, 0.1) is 7.11 Å². The van der Waals surface area contributed by atoms with E-state index in [9.17, 15) is 4.79 Å². The average Bonchev–Trinajstić information content (AvgIpc) is 3.24. The van der Waals surface area contributed by atoms with Crippen molar-refractivity contribution in [1.82, 2.24) is 5.32 Å². The summed E-state index contributed by atoms with van der Waals surface area (Å²) < 4.78 is 5.13. The molecule has 0 aromatic heterocycles. The van der Waals surface area contributed by atoms with Gasteiger partial charge in [-0.25, -0.2) is 0 Å². The van der Waals surface area contributed by atoms with Crippen LogP contribution >= 0.6 is 0 Å². The molecule has 1 aromatic carbocycles. The number of amides is 1. The van der Waals surface area contributed by atoms with E-state index in [1.165, 1.54) is 6.08 Å².